The number of rotatable bonds is 2. The van der Waals surface area contributed by atoms with Gasteiger partial charge in [-0.2, -0.15) is 0 Å². The molecule has 0 aromatic carbocycles. The van der Waals surface area contributed by atoms with Crippen molar-refractivity contribution in [1.82, 2.24) is 19.9 Å². The third-order valence-corrected chi connectivity index (χ3v) is 2.23. The van der Waals surface area contributed by atoms with E-state index < -0.39 is 0 Å². The Bertz CT molecular complexity index is 549. The molecule has 0 bridgehead atoms. The van der Waals surface area contributed by atoms with Crippen LogP contribution < -0.4 is 11.3 Å². The van der Waals surface area contributed by atoms with E-state index in [0.29, 0.717) is 23.5 Å². The van der Waals surface area contributed by atoms with Gasteiger partial charge in [0.15, 0.2) is 5.82 Å². The Morgan fingerprint density at radius 2 is 2.31 bits per heavy atom. The SMILES string of the molecule is CCc1c(N)nc(-c2ccncn2)[nH]c1=O. The predicted octanol–water partition coefficient (Wildman–Crippen LogP) is 0.372. The third-order valence-electron chi connectivity index (χ3n) is 2.23. The minimum atomic E-state index is -0.219. The average Bonchev–Trinajstić information content (AvgIpc) is 2.30. The van der Waals surface area contributed by atoms with Crippen molar-refractivity contribution >= 4 is 5.82 Å². The molecule has 0 aliphatic rings. The number of aromatic nitrogens is 4. The van der Waals surface area contributed by atoms with Crippen LogP contribution in [0.5, 0.6) is 0 Å². The highest BCUT2D eigenvalue weighted by molar-refractivity contribution is 5.52. The Labute approximate surface area is 91.6 Å². The first-order valence-corrected chi connectivity index (χ1v) is 4.87. The number of hydrogen-bond donors (Lipinski definition) is 2. The summed E-state index contributed by atoms with van der Waals surface area (Å²) in [6, 6.07) is 1.66. The van der Waals surface area contributed by atoms with Gasteiger partial charge in [0, 0.05) is 6.20 Å². The molecule has 0 amide bonds. The Kier molecular flexibility index (Phi) is 2.63. The summed E-state index contributed by atoms with van der Waals surface area (Å²) in [6.07, 6.45) is 3.52. The molecule has 0 aliphatic carbocycles. The highest BCUT2D eigenvalue weighted by Gasteiger charge is 2.08. The number of H-pyrrole nitrogens is 1. The van der Waals surface area contributed by atoms with Crippen molar-refractivity contribution < 1.29 is 0 Å². The van der Waals surface area contributed by atoms with Crippen LogP contribution in [-0.4, -0.2) is 19.9 Å². The van der Waals surface area contributed by atoms with E-state index in [1.807, 2.05) is 6.92 Å². The number of aromatic amines is 1. The second-order valence-electron chi connectivity index (χ2n) is 3.23. The first-order valence-electron chi connectivity index (χ1n) is 4.87. The van der Waals surface area contributed by atoms with Crippen LogP contribution in [0.1, 0.15) is 12.5 Å². The number of nitrogens with zero attached hydrogens (tertiary/aromatic N) is 3. The van der Waals surface area contributed by atoms with E-state index in [-0.39, 0.29) is 11.4 Å². The van der Waals surface area contributed by atoms with E-state index in [2.05, 4.69) is 19.9 Å². The third kappa shape index (κ3) is 1.77. The van der Waals surface area contributed by atoms with Gasteiger partial charge in [-0.3, -0.25) is 4.79 Å². The van der Waals surface area contributed by atoms with Gasteiger partial charge in [-0.1, -0.05) is 6.92 Å². The number of hydrogen-bond acceptors (Lipinski definition) is 5. The van der Waals surface area contributed by atoms with Crippen molar-refractivity contribution in [2.45, 2.75) is 13.3 Å². The summed E-state index contributed by atoms with van der Waals surface area (Å²) in [5, 5.41) is 0. The van der Waals surface area contributed by atoms with E-state index in [4.69, 9.17) is 5.73 Å². The molecule has 6 nitrogen and oxygen atoms in total. The van der Waals surface area contributed by atoms with Crippen molar-refractivity contribution in [2.75, 3.05) is 5.73 Å². The molecular weight excluding hydrogens is 206 g/mol. The molecule has 0 saturated carbocycles. The zero-order chi connectivity index (χ0) is 11.5. The molecule has 0 unspecified atom stereocenters. The number of anilines is 1. The summed E-state index contributed by atoms with van der Waals surface area (Å²) in [7, 11) is 0. The van der Waals surface area contributed by atoms with Gasteiger partial charge >= 0.3 is 0 Å². The minimum Gasteiger partial charge on any atom is -0.383 e. The molecule has 2 aromatic rings. The normalized spacial score (nSPS) is 10.3. The Balaban J connectivity index is 2.57. The van der Waals surface area contributed by atoms with E-state index in [0.717, 1.165) is 0 Å². The van der Waals surface area contributed by atoms with Crippen LogP contribution in [-0.2, 0) is 6.42 Å². The van der Waals surface area contributed by atoms with Crippen molar-refractivity contribution in [2.24, 2.45) is 0 Å². The molecule has 2 aromatic heterocycles. The van der Waals surface area contributed by atoms with Crippen molar-refractivity contribution in [3.8, 4) is 11.5 Å². The number of nitrogen functional groups attached to an aromatic ring is 1. The highest BCUT2D eigenvalue weighted by atomic mass is 16.1. The topological polar surface area (TPSA) is 97.5 Å². The van der Waals surface area contributed by atoms with Gasteiger partial charge in [-0.25, -0.2) is 15.0 Å². The van der Waals surface area contributed by atoms with E-state index in [9.17, 15) is 4.79 Å². The fraction of sp³-hybridized carbons (Fsp3) is 0.200. The van der Waals surface area contributed by atoms with Crippen LogP contribution >= 0.6 is 0 Å². The maximum Gasteiger partial charge on any atom is 0.256 e. The quantitative estimate of drug-likeness (QED) is 0.757. The second kappa shape index (κ2) is 4.09. The lowest BCUT2D eigenvalue weighted by Gasteiger charge is -2.04. The van der Waals surface area contributed by atoms with Crippen molar-refractivity contribution in [1.29, 1.82) is 0 Å². The summed E-state index contributed by atoms with van der Waals surface area (Å²) in [4.78, 5) is 26.2. The van der Waals surface area contributed by atoms with Gasteiger partial charge in [0.1, 0.15) is 17.8 Å². The first kappa shape index (κ1) is 10.3. The molecule has 0 radical (unpaired) electrons. The van der Waals surface area contributed by atoms with Crippen LogP contribution in [0.3, 0.4) is 0 Å². The maximum absolute atomic E-state index is 11.6. The molecule has 0 atom stereocenters. The molecule has 82 valence electrons. The van der Waals surface area contributed by atoms with Crippen LogP contribution in [0.2, 0.25) is 0 Å². The molecular formula is C10H11N5O. The minimum absolute atomic E-state index is 0.219. The van der Waals surface area contributed by atoms with E-state index >= 15 is 0 Å². The molecule has 0 fully saturated rings. The van der Waals surface area contributed by atoms with Gasteiger partial charge < -0.3 is 10.7 Å². The van der Waals surface area contributed by atoms with Gasteiger partial charge in [-0.15, -0.1) is 0 Å². The summed E-state index contributed by atoms with van der Waals surface area (Å²) in [5.41, 5.74) is 6.52. The van der Waals surface area contributed by atoms with Crippen LogP contribution in [0, 0.1) is 0 Å². The zero-order valence-electron chi connectivity index (χ0n) is 8.77. The summed E-state index contributed by atoms with van der Waals surface area (Å²) in [5.74, 6) is 0.613. The molecule has 16 heavy (non-hydrogen) atoms. The highest BCUT2D eigenvalue weighted by Crippen LogP contribution is 2.11. The van der Waals surface area contributed by atoms with Crippen molar-refractivity contribution in [3.05, 3.63) is 34.5 Å². The lowest BCUT2D eigenvalue weighted by Crippen LogP contribution is -2.17. The van der Waals surface area contributed by atoms with Gasteiger partial charge in [0.25, 0.3) is 5.56 Å². The molecule has 0 aliphatic heterocycles. The lowest BCUT2D eigenvalue weighted by molar-refractivity contribution is 1.01. The van der Waals surface area contributed by atoms with Crippen molar-refractivity contribution in [3.63, 3.8) is 0 Å². The number of nitrogens with one attached hydrogen (secondary N) is 1. The molecule has 2 rings (SSSR count). The van der Waals surface area contributed by atoms with Crippen LogP contribution in [0.25, 0.3) is 11.5 Å². The Hall–Kier alpha value is -2.24. The Morgan fingerprint density at radius 1 is 1.50 bits per heavy atom. The summed E-state index contributed by atoms with van der Waals surface area (Å²) in [6.45, 7) is 1.85. The fourth-order valence-electron chi connectivity index (χ4n) is 1.41. The smallest absolute Gasteiger partial charge is 0.256 e. The van der Waals surface area contributed by atoms with Gasteiger partial charge in [0.2, 0.25) is 0 Å². The molecule has 6 heteroatoms. The summed E-state index contributed by atoms with van der Waals surface area (Å²) < 4.78 is 0. The van der Waals surface area contributed by atoms with E-state index in [1.54, 1.807) is 12.3 Å². The predicted molar refractivity (Wildman–Crippen MR) is 59.7 cm³/mol. The maximum atomic E-state index is 11.6. The summed E-state index contributed by atoms with van der Waals surface area (Å²) >= 11 is 0. The van der Waals surface area contributed by atoms with Gasteiger partial charge in [0.05, 0.1) is 5.56 Å². The molecule has 0 saturated heterocycles. The standard InChI is InChI=1S/C10H11N5O/c1-2-6-8(11)14-9(15-10(6)16)7-3-4-12-5-13-7/h3-5H,2H2,1H3,(H3,11,14,15,16). The first-order chi connectivity index (χ1) is 7.72. The van der Waals surface area contributed by atoms with Gasteiger partial charge in [-0.05, 0) is 12.5 Å². The lowest BCUT2D eigenvalue weighted by atomic mass is 10.2. The largest absolute Gasteiger partial charge is 0.383 e. The number of nitrogens with two attached hydrogens (primary N) is 1. The van der Waals surface area contributed by atoms with Crippen LogP contribution in [0.4, 0.5) is 5.82 Å². The fourth-order valence-corrected chi connectivity index (χ4v) is 1.41. The molecule has 2 heterocycles. The second-order valence-corrected chi connectivity index (χ2v) is 3.23. The van der Waals surface area contributed by atoms with Crippen LogP contribution in [0.15, 0.2) is 23.4 Å². The Morgan fingerprint density at radius 3 is 2.88 bits per heavy atom. The zero-order valence-corrected chi connectivity index (χ0v) is 8.77. The molecule has 0 spiro atoms. The molecule has 3 N–H and O–H groups in total. The average molecular weight is 217 g/mol. The van der Waals surface area contributed by atoms with E-state index in [1.165, 1.54) is 6.33 Å². The monoisotopic (exact) mass is 217 g/mol.